The van der Waals surface area contributed by atoms with Crippen molar-refractivity contribution in [2.24, 2.45) is 0 Å². The maximum atomic E-state index is 8.25. The number of likely N-dealkylation sites (N-methyl/N-ethyl adjacent to an activating group) is 3. The Bertz CT molecular complexity index is 151. The van der Waals surface area contributed by atoms with Crippen LogP contribution in [-0.2, 0) is 23.7 Å². The quantitative estimate of drug-likeness (QED) is 0.182. The van der Waals surface area contributed by atoms with Gasteiger partial charge < -0.3 is 37.7 Å². The van der Waals surface area contributed by atoms with Crippen molar-refractivity contribution in [1.29, 1.82) is 0 Å². The standard InChI is InChI=1S/C4H12N2O.2C4H11N2.C3H8O.O.Ti/c1-2-5-3-4-6-7;2*1-2-6-4-3-5;1-3(2)4;;/h5-7H,2-4H2,1H3;2*5-6H,2-4H2,1H3;3-4H,1-2H3;;/q;2*-1;;;+2. The van der Waals surface area contributed by atoms with E-state index in [1.54, 1.807) is 13.8 Å². The van der Waals surface area contributed by atoms with Gasteiger partial charge in [0, 0.05) is 19.2 Å². The third kappa shape index (κ3) is 115. The molecular formula is C15H42N6O3Ti. The number of nitrogens with one attached hydrogen (secondary N) is 6. The van der Waals surface area contributed by atoms with Crippen LogP contribution in [0, 0.1) is 0 Å². The molecule has 0 radical (unpaired) electrons. The van der Waals surface area contributed by atoms with Crippen molar-refractivity contribution in [2.45, 2.75) is 40.7 Å². The van der Waals surface area contributed by atoms with Crippen molar-refractivity contribution >= 4 is 0 Å². The molecule has 0 atom stereocenters. The molecule has 0 heterocycles. The van der Waals surface area contributed by atoms with Gasteiger partial charge in [0.2, 0.25) is 0 Å². The van der Waals surface area contributed by atoms with Crippen LogP contribution >= 0.6 is 0 Å². The molecule has 25 heavy (non-hydrogen) atoms. The molecule has 0 aliphatic heterocycles. The second-order valence-electron chi connectivity index (χ2n) is 4.56. The van der Waals surface area contributed by atoms with E-state index in [0.29, 0.717) is 19.6 Å². The average Bonchev–Trinajstić information content (AvgIpc) is 2.61. The Morgan fingerprint density at radius 1 is 0.800 bits per heavy atom. The summed E-state index contributed by atoms with van der Waals surface area (Å²) in [6.45, 7) is 16.6. The second-order valence-corrected chi connectivity index (χ2v) is 4.56. The van der Waals surface area contributed by atoms with E-state index in [1.165, 1.54) is 0 Å². The summed E-state index contributed by atoms with van der Waals surface area (Å²) < 4.78 is 8.25. The number of hydroxylamine groups is 1. The zero-order chi connectivity index (χ0) is 20.8. The van der Waals surface area contributed by atoms with Crippen LogP contribution in [0.25, 0.3) is 11.5 Å². The van der Waals surface area contributed by atoms with Crippen LogP contribution in [-0.4, -0.2) is 75.3 Å². The molecule has 0 spiro atoms. The number of aliphatic hydroxyl groups excluding tert-OH is 1. The number of hydrogen-bond acceptors (Lipinski definition) is 7. The van der Waals surface area contributed by atoms with Crippen LogP contribution in [0.3, 0.4) is 0 Å². The first-order valence-electron chi connectivity index (χ1n) is 8.64. The Morgan fingerprint density at radius 3 is 1.24 bits per heavy atom. The van der Waals surface area contributed by atoms with Gasteiger partial charge in [-0.25, -0.2) is 5.48 Å². The van der Waals surface area contributed by atoms with E-state index in [2.05, 4.69) is 16.0 Å². The Labute approximate surface area is 166 Å². The molecule has 0 saturated carbocycles. The van der Waals surface area contributed by atoms with E-state index < -0.39 is 0 Å². The number of rotatable bonds is 10. The van der Waals surface area contributed by atoms with Gasteiger partial charge in [0.1, 0.15) is 0 Å². The van der Waals surface area contributed by atoms with Crippen LogP contribution in [0.15, 0.2) is 0 Å². The Hall–Kier alpha value is 0.194. The molecule has 0 unspecified atom stereocenters. The summed E-state index contributed by atoms with van der Waals surface area (Å²) in [5, 5.41) is 25.1. The first-order chi connectivity index (χ1) is 12.0. The summed E-state index contributed by atoms with van der Waals surface area (Å²) in [4.78, 5) is 0. The summed E-state index contributed by atoms with van der Waals surface area (Å²) in [6.07, 6.45) is -0.167. The first-order valence-corrected chi connectivity index (χ1v) is 9.28. The molecule has 0 amide bonds. The molecular weight excluding hydrogens is 360 g/mol. The van der Waals surface area contributed by atoms with Gasteiger partial charge in [-0.05, 0) is 46.6 Å². The molecule has 0 fully saturated rings. The van der Waals surface area contributed by atoms with Crippen molar-refractivity contribution in [3.05, 3.63) is 11.5 Å². The predicted molar refractivity (Wildman–Crippen MR) is 102 cm³/mol. The molecule has 0 aliphatic rings. The summed E-state index contributed by atoms with van der Waals surface area (Å²) in [5.41, 5.74) is 15.3. The fourth-order valence-electron chi connectivity index (χ4n) is 0.851. The Morgan fingerprint density at radius 2 is 1.08 bits per heavy atom. The normalized spacial score (nSPS) is 8.64. The van der Waals surface area contributed by atoms with Crippen LogP contribution in [0.4, 0.5) is 0 Å². The van der Waals surface area contributed by atoms with Gasteiger partial charge in [0.05, 0.1) is 0 Å². The van der Waals surface area contributed by atoms with E-state index in [4.69, 9.17) is 25.1 Å². The molecule has 0 aromatic rings. The van der Waals surface area contributed by atoms with Crippen molar-refractivity contribution < 1.29 is 34.0 Å². The van der Waals surface area contributed by atoms with Gasteiger partial charge in [-0.2, -0.15) is 0 Å². The first kappa shape index (κ1) is 36.2. The zero-order valence-corrected chi connectivity index (χ0v) is 18.3. The molecule has 0 aliphatic carbocycles. The van der Waals surface area contributed by atoms with E-state index in [-0.39, 0.29) is 6.10 Å². The van der Waals surface area contributed by atoms with Crippen LogP contribution in [0.2, 0.25) is 0 Å². The van der Waals surface area contributed by atoms with Crippen molar-refractivity contribution in [2.75, 3.05) is 58.9 Å². The van der Waals surface area contributed by atoms with Crippen molar-refractivity contribution in [3.63, 3.8) is 0 Å². The predicted octanol–water partition coefficient (Wildman–Crippen LogP) is 1.14. The Kier molecular flexibility index (Phi) is 71.8. The zero-order valence-electron chi connectivity index (χ0n) is 16.7. The van der Waals surface area contributed by atoms with Gasteiger partial charge >= 0.3 is 23.7 Å². The molecule has 0 saturated heterocycles. The number of aliphatic hydroxyl groups is 1. The van der Waals surface area contributed by atoms with E-state index in [0.717, 1.165) is 59.7 Å². The van der Waals surface area contributed by atoms with Crippen molar-refractivity contribution in [3.8, 4) is 0 Å². The molecule has 10 heteroatoms. The summed E-state index contributed by atoms with van der Waals surface area (Å²) in [6, 6.07) is 0. The molecule has 8 N–H and O–H groups in total. The van der Waals surface area contributed by atoms with Gasteiger partial charge in [-0.15, -0.1) is 13.1 Å². The summed E-state index contributed by atoms with van der Waals surface area (Å²) in [5.74, 6) is 0. The SMILES string of the molecule is CC(C)O.CCNCCNO.CCNCC[NH-].CCNCC[NH-].[O]=[Ti+2]. The fraction of sp³-hybridized carbons (Fsp3) is 1.00. The van der Waals surface area contributed by atoms with Gasteiger partial charge in [0.15, 0.2) is 0 Å². The topological polar surface area (TPSA) is 153 Å². The third-order valence-electron chi connectivity index (χ3n) is 1.77. The molecule has 0 aromatic heterocycles. The minimum absolute atomic E-state index is 0.167. The molecule has 0 rings (SSSR count). The van der Waals surface area contributed by atoms with Crippen LogP contribution in [0.1, 0.15) is 34.6 Å². The third-order valence-corrected chi connectivity index (χ3v) is 1.77. The molecule has 0 bridgehead atoms. The Balaban J connectivity index is -0.0000000697. The average molecular weight is 402 g/mol. The maximum absolute atomic E-state index is 8.25. The molecule has 154 valence electrons. The van der Waals surface area contributed by atoms with Crippen molar-refractivity contribution in [1.82, 2.24) is 21.4 Å². The van der Waals surface area contributed by atoms with Gasteiger partial charge in [0.25, 0.3) is 0 Å². The molecule has 9 nitrogen and oxygen atoms in total. The summed E-state index contributed by atoms with van der Waals surface area (Å²) >= 11 is 0.750. The minimum atomic E-state index is -0.167. The van der Waals surface area contributed by atoms with Gasteiger partial charge in [-0.3, -0.25) is 0 Å². The van der Waals surface area contributed by atoms with E-state index in [9.17, 15) is 0 Å². The number of hydrogen-bond donors (Lipinski definition) is 6. The second kappa shape index (κ2) is 49.6. The van der Waals surface area contributed by atoms with Crippen LogP contribution < -0.4 is 21.4 Å². The summed E-state index contributed by atoms with van der Waals surface area (Å²) in [7, 11) is 0. The monoisotopic (exact) mass is 402 g/mol. The van der Waals surface area contributed by atoms with E-state index >= 15 is 0 Å². The molecule has 0 aromatic carbocycles. The van der Waals surface area contributed by atoms with Gasteiger partial charge in [-0.1, -0.05) is 20.8 Å². The van der Waals surface area contributed by atoms with E-state index in [1.807, 2.05) is 26.3 Å². The van der Waals surface area contributed by atoms with Crippen LogP contribution in [0.5, 0.6) is 0 Å². The fourth-order valence-corrected chi connectivity index (χ4v) is 0.851.